The van der Waals surface area contributed by atoms with Gasteiger partial charge >= 0.3 is 6.11 Å². The molecule has 2 aromatic rings. The van der Waals surface area contributed by atoms with Crippen LogP contribution in [0.5, 0.6) is 5.75 Å². The van der Waals surface area contributed by atoms with E-state index in [-0.39, 0.29) is 24.6 Å². The van der Waals surface area contributed by atoms with Crippen LogP contribution in [0.15, 0.2) is 36.4 Å². The zero-order chi connectivity index (χ0) is 25.9. The number of rotatable bonds is 8. The first kappa shape index (κ1) is 26.6. The first-order valence-electron chi connectivity index (χ1n) is 12.9. The maximum Gasteiger partial charge on any atom is 0.400 e. The number of benzene rings is 2. The average molecular weight is 511 g/mol. The highest BCUT2D eigenvalue weighted by atomic mass is 19.3. The number of halogens is 6. The topological polar surface area (TPSA) is 9.23 Å². The maximum absolute atomic E-state index is 14.7. The minimum absolute atomic E-state index is 0.183. The summed E-state index contributed by atoms with van der Waals surface area (Å²) in [5, 5.41) is 0. The number of allylic oxidation sites excluding steroid dienone is 2. The maximum atomic E-state index is 14.7. The molecule has 1 fully saturated rings. The van der Waals surface area contributed by atoms with Crippen molar-refractivity contribution in [2.24, 2.45) is 17.8 Å². The van der Waals surface area contributed by atoms with Crippen LogP contribution in [-0.4, -0.2) is 6.11 Å². The van der Waals surface area contributed by atoms with Gasteiger partial charge in [-0.1, -0.05) is 31.6 Å². The highest BCUT2D eigenvalue weighted by Gasteiger charge is 2.45. The van der Waals surface area contributed by atoms with Gasteiger partial charge < -0.3 is 4.74 Å². The van der Waals surface area contributed by atoms with Crippen molar-refractivity contribution in [1.29, 1.82) is 0 Å². The highest BCUT2D eigenvalue weighted by molar-refractivity contribution is 5.67. The smallest absolute Gasteiger partial charge is 0.400 e. The Morgan fingerprint density at radius 2 is 1.56 bits per heavy atom. The third kappa shape index (κ3) is 6.09. The molecule has 0 aromatic heterocycles. The van der Waals surface area contributed by atoms with Gasteiger partial charge in [-0.05, 0) is 86.8 Å². The van der Waals surface area contributed by atoms with Gasteiger partial charge in [-0.2, -0.15) is 8.78 Å². The summed E-state index contributed by atoms with van der Waals surface area (Å²) in [5.41, 5.74) is 2.68. The molecule has 7 heteroatoms. The SMILES string of the molecule is CCCCc1ccc(C2=CCC(C3CCC(C(F)(F)Oc4cc(F)c(F)c(F)c4)CC3)CC2)c(F)c1. The van der Waals surface area contributed by atoms with Gasteiger partial charge in [0.2, 0.25) is 0 Å². The van der Waals surface area contributed by atoms with Crippen molar-refractivity contribution in [3.8, 4) is 5.75 Å². The van der Waals surface area contributed by atoms with Crippen molar-refractivity contribution >= 4 is 5.57 Å². The fourth-order valence-electron chi connectivity index (χ4n) is 5.64. The summed E-state index contributed by atoms with van der Waals surface area (Å²) in [6.45, 7) is 2.11. The molecule has 0 bridgehead atoms. The lowest BCUT2D eigenvalue weighted by Crippen LogP contribution is -2.38. The summed E-state index contributed by atoms with van der Waals surface area (Å²) < 4.78 is 88.6. The molecule has 2 aliphatic rings. The zero-order valence-electron chi connectivity index (χ0n) is 20.4. The fraction of sp³-hybridized carbons (Fsp3) is 0.517. The number of aryl methyl sites for hydroxylation is 1. The van der Waals surface area contributed by atoms with Crippen LogP contribution in [0.1, 0.15) is 75.8 Å². The van der Waals surface area contributed by atoms with Crippen LogP contribution in [0.2, 0.25) is 0 Å². The number of hydrogen-bond acceptors (Lipinski definition) is 1. The molecular formula is C29H32F6O. The molecule has 1 nitrogen and oxygen atoms in total. The molecule has 0 radical (unpaired) electrons. The Kier molecular flexibility index (Phi) is 8.36. The molecule has 0 aliphatic heterocycles. The van der Waals surface area contributed by atoms with Crippen molar-refractivity contribution in [3.63, 3.8) is 0 Å². The lowest BCUT2D eigenvalue weighted by molar-refractivity contribution is -0.224. The summed E-state index contributed by atoms with van der Waals surface area (Å²) in [6, 6.07) is 6.38. The molecule has 1 atom stereocenters. The predicted octanol–water partition coefficient (Wildman–Crippen LogP) is 9.25. The van der Waals surface area contributed by atoms with Crippen LogP contribution in [0, 0.1) is 41.0 Å². The van der Waals surface area contributed by atoms with Gasteiger partial charge in [-0.3, -0.25) is 0 Å². The van der Waals surface area contributed by atoms with Crippen LogP contribution in [0.3, 0.4) is 0 Å². The Morgan fingerprint density at radius 3 is 2.14 bits per heavy atom. The van der Waals surface area contributed by atoms with Gasteiger partial charge in [0.1, 0.15) is 11.6 Å². The lowest BCUT2D eigenvalue weighted by Gasteiger charge is -2.37. The second-order valence-corrected chi connectivity index (χ2v) is 10.2. The number of hydrogen-bond donors (Lipinski definition) is 0. The van der Waals surface area contributed by atoms with E-state index in [0.717, 1.165) is 49.7 Å². The van der Waals surface area contributed by atoms with Crippen LogP contribution < -0.4 is 4.74 Å². The third-order valence-electron chi connectivity index (χ3n) is 7.77. The second kappa shape index (κ2) is 11.3. The summed E-state index contributed by atoms with van der Waals surface area (Å²) in [4.78, 5) is 0. The van der Waals surface area contributed by atoms with Gasteiger partial charge in [-0.25, -0.2) is 17.6 Å². The zero-order valence-corrected chi connectivity index (χ0v) is 20.4. The summed E-state index contributed by atoms with van der Waals surface area (Å²) in [5.74, 6) is -6.20. The second-order valence-electron chi connectivity index (χ2n) is 10.2. The standard InChI is InChI=1S/C29H32F6O/c1-2-3-4-18-5-14-24(25(30)15-18)21-8-6-19(7-9-21)20-10-12-22(13-11-20)29(34,35)36-23-16-26(31)28(33)27(32)17-23/h5,8,14-17,19-20,22H,2-4,6-7,9-13H2,1H3. The van der Waals surface area contributed by atoms with Crippen LogP contribution in [-0.2, 0) is 6.42 Å². The van der Waals surface area contributed by atoms with Crippen molar-refractivity contribution < 1.29 is 31.1 Å². The van der Waals surface area contributed by atoms with E-state index in [1.165, 1.54) is 0 Å². The minimum atomic E-state index is -3.61. The molecule has 0 N–H and O–H groups in total. The molecule has 0 amide bonds. The first-order chi connectivity index (χ1) is 17.2. The molecular weight excluding hydrogens is 478 g/mol. The molecule has 0 heterocycles. The molecule has 1 saturated carbocycles. The molecule has 0 saturated heterocycles. The Bertz CT molecular complexity index is 1060. The Labute approximate surface area is 208 Å². The number of unbranched alkanes of at least 4 members (excludes halogenated alkanes) is 1. The Hall–Kier alpha value is -2.44. The monoisotopic (exact) mass is 510 g/mol. The van der Waals surface area contributed by atoms with Gasteiger partial charge in [0, 0.05) is 17.7 Å². The van der Waals surface area contributed by atoms with Crippen molar-refractivity contribution in [2.45, 2.75) is 77.2 Å². The Morgan fingerprint density at radius 1 is 0.861 bits per heavy atom. The fourth-order valence-corrected chi connectivity index (χ4v) is 5.64. The Balaban J connectivity index is 1.31. The molecule has 36 heavy (non-hydrogen) atoms. The predicted molar refractivity (Wildman–Crippen MR) is 128 cm³/mol. The summed E-state index contributed by atoms with van der Waals surface area (Å²) in [6.07, 6.45) is 5.56. The highest BCUT2D eigenvalue weighted by Crippen LogP contribution is 2.45. The van der Waals surface area contributed by atoms with E-state index in [4.69, 9.17) is 0 Å². The molecule has 2 aromatic carbocycles. The number of ether oxygens (including phenoxy) is 1. The van der Waals surface area contributed by atoms with Crippen LogP contribution in [0.25, 0.3) is 5.57 Å². The number of alkyl halides is 2. The van der Waals surface area contributed by atoms with E-state index < -0.39 is 35.2 Å². The summed E-state index contributed by atoms with van der Waals surface area (Å²) in [7, 11) is 0. The molecule has 1 unspecified atom stereocenters. The van der Waals surface area contributed by atoms with E-state index in [1.54, 1.807) is 6.07 Å². The lowest BCUT2D eigenvalue weighted by atomic mass is 9.70. The van der Waals surface area contributed by atoms with E-state index in [0.29, 0.717) is 36.5 Å². The molecule has 2 aliphatic carbocycles. The molecule has 4 rings (SSSR count). The third-order valence-corrected chi connectivity index (χ3v) is 7.77. The minimum Gasteiger partial charge on any atom is -0.432 e. The quantitative estimate of drug-likeness (QED) is 0.254. The van der Waals surface area contributed by atoms with Gasteiger partial charge in [-0.15, -0.1) is 0 Å². The normalized spacial score (nSPS) is 22.9. The average Bonchev–Trinajstić information content (AvgIpc) is 2.86. The van der Waals surface area contributed by atoms with Crippen molar-refractivity contribution in [2.75, 3.05) is 0 Å². The van der Waals surface area contributed by atoms with Gasteiger partial charge in [0.05, 0.1) is 5.92 Å². The molecule has 196 valence electrons. The van der Waals surface area contributed by atoms with Gasteiger partial charge in [0.15, 0.2) is 17.5 Å². The summed E-state index contributed by atoms with van der Waals surface area (Å²) >= 11 is 0. The van der Waals surface area contributed by atoms with E-state index in [9.17, 15) is 26.3 Å². The van der Waals surface area contributed by atoms with Crippen molar-refractivity contribution in [1.82, 2.24) is 0 Å². The van der Waals surface area contributed by atoms with E-state index in [1.807, 2.05) is 12.1 Å². The first-order valence-corrected chi connectivity index (χ1v) is 12.9. The van der Waals surface area contributed by atoms with E-state index >= 15 is 0 Å². The molecule has 0 spiro atoms. The van der Waals surface area contributed by atoms with Crippen LogP contribution in [0.4, 0.5) is 26.3 Å². The van der Waals surface area contributed by atoms with Gasteiger partial charge in [0.25, 0.3) is 0 Å². The van der Waals surface area contributed by atoms with Crippen molar-refractivity contribution in [3.05, 3.63) is 70.8 Å². The largest absolute Gasteiger partial charge is 0.432 e. The van der Waals surface area contributed by atoms with E-state index in [2.05, 4.69) is 17.7 Å². The van der Waals surface area contributed by atoms with Crippen LogP contribution >= 0.6 is 0 Å².